The zero-order chi connectivity index (χ0) is 42.2. The molecule has 0 aromatic heterocycles. The second kappa shape index (κ2) is 29.0. The fraction of sp³-hybridized carbons (Fsp3) is 0.982. The topological polar surface area (TPSA) is 26.3 Å². The van der Waals surface area contributed by atoms with Gasteiger partial charge in [0.2, 0.25) is 0 Å². The lowest BCUT2D eigenvalue weighted by Gasteiger charge is -2.62. The Balaban J connectivity index is 0.969. The summed E-state index contributed by atoms with van der Waals surface area (Å²) in [5, 5.41) is 0. The summed E-state index contributed by atoms with van der Waals surface area (Å²) in [6.07, 6.45) is 55.6. The van der Waals surface area contributed by atoms with Crippen molar-refractivity contribution in [3.05, 3.63) is 0 Å². The Morgan fingerprint density at radius 2 is 1.02 bits per heavy atom. The van der Waals surface area contributed by atoms with E-state index in [4.69, 9.17) is 4.74 Å². The summed E-state index contributed by atoms with van der Waals surface area (Å²) >= 11 is 0. The number of carbonyl (C=O) groups is 1. The fourth-order valence-corrected chi connectivity index (χ4v) is 14.5. The van der Waals surface area contributed by atoms with Crippen molar-refractivity contribution in [1.82, 2.24) is 0 Å². The largest absolute Gasteiger partial charge is 0.462 e. The van der Waals surface area contributed by atoms with Crippen LogP contribution in [0.1, 0.15) is 298 Å². The predicted octanol–water partition coefficient (Wildman–Crippen LogP) is 19.0. The van der Waals surface area contributed by atoms with Crippen LogP contribution in [0.15, 0.2) is 0 Å². The molecule has 0 radical (unpaired) electrons. The van der Waals surface area contributed by atoms with Crippen molar-refractivity contribution in [2.24, 2.45) is 52.3 Å². The Morgan fingerprint density at radius 1 is 0.525 bits per heavy atom. The number of fused-ring (bicyclic) bond motifs is 5. The number of ether oxygens (including phenoxy) is 1. The van der Waals surface area contributed by atoms with Crippen LogP contribution >= 0.6 is 0 Å². The quantitative estimate of drug-likeness (QED) is 0.0477. The Bertz CT molecular complexity index is 1060. The average molecular weight is 823 g/mol. The highest BCUT2D eigenvalue weighted by molar-refractivity contribution is 5.69. The zero-order valence-corrected chi connectivity index (χ0v) is 41.2. The summed E-state index contributed by atoms with van der Waals surface area (Å²) in [5.41, 5.74) is 0.734. The fourth-order valence-electron chi connectivity index (χ4n) is 14.5. The van der Waals surface area contributed by atoms with Crippen molar-refractivity contribution in [3.8, 4) is 0 Å². The van der Waals surface area contributed by atoms with Gasteiger partial charge in [0.15, 0.2) is 0 Å². The molecule has 2 heteroatoms. The van der Waals surface area contributed by atoms with Crippen LogP contribution in [-0.4, -0.2) is 12.1 Å². The Labute approximate surface area is 370 Å². The molecule has 346 valence electrons. The minimum absolute atomic E-state index is 0.121. The number of hydrogen-bond acceptors (Lipinski definition) is 2. The van der Waals surface area contributed by atoms with E-state index in [9.17, 15) is 4.79 Å². The number of hydrogen-bond donors (Lipinski definition) is 0. The maximum Gasteiger partial charge on any atom is 0.306 e. The minimum Gasteiger partial charge on any atom is -0.462 e. The van der Waals surface area contributed by atoms with Crippen molar-refractivity contribution in [3.63, 3.8) is 0 Å². The highest BCUT2D eigenvalue weighted by Crippen LogP contribution is 2.68. The van der Waals surface area contributed by atoms with Gasteiger partial charge < -0.3 is 4.74 Å². The lowest BCUT2D eigenvalue weighted by atomic mass is 9.44. The number of carbonyl (C=O) groups excluding carboxylic acids is 1. The van der Waals surface area contributed by atoms with E-state index in [1.165, 1.54) is 238 Å². The van der Waals surface area contributed by atoms with Crippen LogP contribution in [0.25, 0.3) is 0 Å². The molecule has 9 atom stereocenters. The first kappa shape index (κ1) is 51.1. The molecule has 0 spiro atoms. The lowest BCUT2D eigenvalue weighted by Crippen LogP contribution is -2.58. The van der Waals surface area contributed by atoms with E-state index < -0.39 is 0 Å². The number of esters is 1. The third-order valence-corrected chi connectivity index (χ3v) is 18.1. The average Bonchev–Trinajstić information content (AvgIpc) is 3.58. The monoisotopic (exact) mass is 823 g/mol. The van der Waals surface area contributed by atoms with Crippen LogP contribution in [0.4, 0.5) is 0 Å². The second-order valence-corrected chi connectivity index (χ2v) is 22.9. The Kier molecular flexibility index (Phi) is 25.1. The summed E-state index contributed by atoms with van der Waals surface area (Å²) in [4.78, 5) is 13.4. The molecule has 4 saturated carbocycles. The number of unbranched alkanes of at least 4 members (excludes halogenated alkanes) is 26. The maximum atomic E-state index is 13.4. The van der Waals surface area contributed by atoms with E-state index >= 15 is 0 Å². The van der Waals surface area contributed by atoms with Gasteiger partial charge in [-0.15, -0.1) is 0 Å². The second-order valence-electron chi connectivity index (χ2n) is 22.9. The van der Waals surface area contributed by atoms with Crippen LogP contribution in [0.3, 0.4) is 0 Å². The van der Waals surface area contributed by atoms with Gasteiger partial charge in [-0.2, -0.15) is 0 Å². The smallest absolute Gasteiger partial charge is 0.306 e. The summed E-state index contributed by atoms with van der Waals surface area (Å²) in [6, 6.07) is 0. The van der Waals surface area contributed by atoms with Gasteiger partial charge in [0.05, 0.1) is 0 Å². The van der Waals surface area contributed by atoms with E-state index in [0.717, 1.165) is 54.3 Å². The molecule has 0 aliphatic heterocycles. The normalized spacial score (nSPS) is 29.6. The molecule has 0 aromatic carbocycles. The SMILES string of the molecule is CCCCCCCCCCCCCCCCCCCCCCCCCCCCCC(=O)OC1CCC[C@@H]2CC[C@@H]3[C@@H]4CC[C@@H]([C@@H](C)CCCC(C)C)[C@@]4(C)CC[C@@H]3[C@@]12C. The van der Waals surface area contributed by atoms with Gasteiger partial charge >= 0.3 is 5.97 Å². The van der Waals surface area contributed by atoms with Gasteiger partial charge in [-0.25, -0.2) is 0 Å². The van der Waals surface area contributed by atoms with Gasteiger partial charge in [0.25, 0.3) is 0 Å². The standard InChI is InChI=1S/C57H106O2/c1-7-8-9-10-11-12-13-14-15-16-17-18-19-20-21-22-23-24-25-26-27-28-29-30-31-32-33-40-55(58)59-54-39-35-38-49-41-42-50-52-44-43-51(48(4)37-34-36-47(2)3)56(52,5)46-45-53(50)57(49,54)6/h47-54H,7-46H2,1-6H3/t48-,49+,50+,51-,52-,53-,54?,56+,57-/m0/s1. The molecule has 0 heterocycles. The maximum absolute atomic E-state index is 13.4. The van der Waals surface area contributed by atoms with Crippen molar-refractivity contribution in [2.45, 2.75) is 304 Å². The molecule has 1 unspecified atom stereocenters. The predicted molar refractivity (Wildman–Crippen MR) is 258 cm³/mol. The molecule has 0 bridgehead atoms. The molecular weight excluding hydrogens is 717 g/mol. The first-order valence-corrected chi connectivity index (χ1v) is 27.9. The van der Waals surface area contributed by atoms with Crippen LogP contribution in [-0.2, 0) is 9.53 Å². The van der Waals surface area contributed by atoms with E-state index in [1.54, 1.807) is 0 Å². The van der Waals surface area contributed by atoms with Crippen molar-refractivity contribution >= 4 is 5.97 Å². The molecule has 0 aromatic rings. The van der Waals surface area contributed by atoms with Gasteiger partial charge in [0, 0.05) is 11.8 Å². The molecule has 4 rings (SSSR count). The molecule has 4 aliphatic rings. The highest BCUT2D eigenvalue weighted by atomic mass is 16.5. The van der Waals surface area contributed by atoms with E-state index in [-0.39, 0.29) is 17.5 Å². The van der Waals surface area contributed by atoms with E-state index in [2.05, 4.69) is 41.5 Å². The molecule has 2 nitrogen and oxygen atoms in total. The zero-order valence-electron chi connectivity index (χ0n) is 41.2. The molecule has 59 heavy (non-hydrogen) atoms. The summed E-state index contributed by atoms with van der Waals surface area (Å²) in [5.74, 6) is 6.01. The van der Waals surface area contributed by atoms with Crippen LogP contribution < -0.4 is 0 Å². The molecule has 0 amide bonds. The Hall–Kier alpha value is -0.530. The summed E-state index contributed by atoms with van der Waals surface area (Å²) in [6.45, 7) is 15.0. The van der Waals surface area contributed by atoms with Crippen LogP contribution in [0.5, 0.6) is 0 Å². The molecule has 4 fully saturated rings. The van der Waals surface area contributed by atoms with Gasteiger partial charge in [-0.3, -0.25) is 4.79 Å². The third-order valence-electron chi connectivity index (χ3n) is 18.1. The van der Waals surface area contributed by atoms with Crippen molar-refractivity contribution in [2.75, 3.05) is 0 Å². The van der Waals surface area contributed by atoms with Crippen molar-refractivity contribution in [1.29, 1.82) is 0 Å². The molecule has 0 saturated heterocycles. The van der Waals surface area contributed by atoms with Crippen LogP contribution in [0, 0.1) is 52.3 Å². The highest BCUT2D eigenvalue weighted by Gasteiger charge is 2.62. The lowest BCUT2D eigenvalue weighted by molar-refractivity contribution is -0.192. The molecule has 0 N–H and O–H groups in total. The summed E-state index contributed by atoms with van der Waals surface area (Å²) in [7, 11) is 0. The van der Waals surface area contributed by atoms with Crippen LogP contribution in [0.2, 0.25) is 0 Å². The van der Waals surface area contributed by atoms with Gasteiger partial charge in [-0.05, 0) is 111 Å². The van der Waals surface area contributed by atoms with E-state index in [0.29, 0.717) is 11.8 Å². The third kappa shape index (κ3) is 16.8. The minimum atomic E-state index is 0.121. The van der Waals surface area contributed by atoms with Gasteiger partial charge in [-0.1, -0.05) is 228 Å². The molecular formula is C57H106O2. The Morgan fingerprint density at radius 3 is 1.51 bits per heavy atom. The van der Waals surface area contributed by atoms with Gasteiger partial charge in [0.1, 0.15) is 6.10 Å². The molecule has 4 aliphatic carbocycles. The van der Waals surface area contributed by atoms with Crippen molar-refractivity contribution < 1.29 is 9.53 Å². The summed E-state index contributed by atoms with van der Waals surface area (Å²) < 4.78 is 6.59. The number of rotatable bonds is 34. The first-order valence-electron chi connectivity index (χ1n) is 27.9. The first-order chi connectivity index (χ1) is 28.7. The van der Waals surface area contributed by atoms with E-state index in [1.807, 2.05) is 0 Å².